The predicted octanol–water partition coefficient (Wildman–Crippen LogP) is 1.12. The third kappa shape index (κ3) is 10.1. The fraction of sp³-hybridized carbons (Fsp3) is 0.500. The first kappa shape index (κ1) is 21.6. The Morgan fingerprint density at radius 3 is 2.43 bits per heavy atom. The van der Waals surface area contributed by atoms with E-state index in [-0.39, 0.29) is 36.4 Å². The number of carbonyl (C=O) groups is 1. The molecule has 0 aliphatic heterocycles. The molecule has 0 aliphatic carbocycles. The normalized spacial score (nSPS) is 10.7. The van der Waals surface area contributed by atoms with Gasteiger partial charge in [0, 0.05) is 34.3 Å². The zero-order valence-corrected chi connectivity index (χ0v) is 16.4. The number of nitrogens with one attached hydrogen (secondary N) is 2. The SMILES string of the molecule is COCCNC(=NCC(=O)N(C)C)NCCc1ccccc1.I. The highest BCUT2D eigenvalue weighted by atomic mass is 127. The second-order valence-electron chi connectivity index (χ2n) is 5.03. The van der Waals surface area contributed by atoms with Gasteiger partial charge in [0.25, 0.3) is 0 Å². The molecule has 0 spiro atoms. The summed E-state index contributed by atoms with van der Waals surface area (Å²) in [6.07, 6.45) is 0.896. The fourth-order valence-corrected chi connectivity index (χ4v) is 1.70. The molecule has 0 saturated carbocycles. The smallest absolute Gasteiger partial charge is 0.243 e. The van der Waals surface area contributed by atoms with Crippen molar-refractivity contribution < 1.29 is 9.53 Å². The molecule has 0 aliphatic rings. The largest absolute Gasteiger partial charge is 0.383 e. The number of carbonyl (C=O) groups excluding carboxylic acids is 1. The van der Waals surface area contributed by atoms with Crippen LogP contribution in [0.4, 0.5) is 0 Å². The Kier molecular flexibility index (Phi) is 12.4. The lowest BCUT2D eigenvalue weighted by Crippen LogP contribution is -2.40. The molecule has 7 heteroatoms. The highest BCUT2D eigenvalue weighted by Crippen LogP contribution is 1.98. The van der Waals surface area contributed by atoms with Gasteiger partial charge in [-0.3, -0.25) is 4.79 Å². The Balaban J connectivity index is 0.00000484. The van der Waals surface area contributed by atoms with Crippen molar-refractivity contribution in [3.05, 3.63) is 35.9 Å². The molecule has 0 unspecified atom stereocenters. The van der Waals surface area contributed by atoms with E-state index in [4.69, 9.17) is 4.74 Å². The molecule has 0 fully saturated rings. The minimum atomic E-state index is -0.0316. The maximum Gasteiger partial charge on any atom is 0.243 e. The maximum atomic E-state index is 11.6. The molecule has 2 N–H and O–H groups in total. The molecule has 6 nitrogen and oxygen atoms in total. The van der Waals surface area contributed by atoms with Crippen molar-refractivity contribution >= 4 is 35.8 Å². The van der Waals surface area contributed by atoms with Gasteiger partial charge in [-0.05, 0) is 12.0 Å². The third-order valence-electron chi connectivity index (χ3n) is 3.02. The molecule has 0 radical (unpaired) electrons. The van der Waals surface area contributed by atoms with Gasteiger partial charge < -0.3 is 20.3 Å². The number of guanidine groups is 1. The Hall–Kier alpha value is -1.35. The van der Waals surface area contributed by atoms with Crippen LogP contribution in [0, 0.1) is 0 Å². The van der Waals surface area contributed by atoms with Crippen LogP contribution in [0.15, 0.2) is 35.3 Å². The summed E-state index contributed by atoms with van der Waals surface area (Å²) in [4.78, 5) is 17.4. The van der Waals surface area contributed by atoms with Crippen LogP contribution in [-0.2, 0) is 16.0 Å². The van der Waals surface area contributed by atoms with Gasteiger partial charge in [0.05, 0.1) is 6.61 Å². The minimum Gasteiger partial charge on any atom is -0.383 e. The molecule has 1 aromatic carbocycles. The van der Waals surface area contributed by atoms with Crippen molar-refractivity contribution in [1.82, 2.24) is 15.5 Å². The van der Waals surface area contributed by atoms with Gasteiger partial charge in [0.2, 0.25) is 5.91 Å². The minimum absolute atomic E-state index is 0. The fourth-order valence-electron chi connectivity index (χ4n) is 1.70. The zero-order chi connectivity index (χ0) is 16.2. The van der Waals surface area contributed by atoms with E-state index in [2.05, 4.69) is 27.8 Å². The zero-order valence-electron chi connectivity index (χ0n) is 14.0. The molecule has 23 heavy (non-hydrogen) atoms. The first-order valence-electron chi connectivity index (χ1n) is 7.38. The number of likely N-dealkylation sites (N-methyl/N-ethyl adjacent to an activating group) is 1. The van der Waals surface area contributed by atoms with E-state index < -0.39 is 0 Å². The number of rotatable bonds is 8. The Bertz CT molecular complexity index is 466. The maximum absolute atomic E-state index is 11.6. The second-order valence-corrected chi connectivity index (χ2v) is 5.03. The van der Waals surface area contributed by atoms with E-state index in [1.54, 1.807) is 21.2 Å². The van der Waals surface area contributed by atoms with Gasteiger partial charge >= 0.3 is 0 Å². The van der Waals surface area contributed by atoms with Gasteiger partial charge in [-0.25, -0.2) is 4.99 Å². The molecule has 1 amide bonds. The number of benzene rings is 1. The average molecular weight is 434 g/mol. The first-order chi connectivity index (χ1) is 10.6. The molecule has 1 aromatic rings. The van der Waals surface area contributed by atoms with Gasteiger partial charge in [-0.1, -0.05) is 30.3 Å². The van der Waals surface area contributed by atoms with E-state index in [0.29, 0.717) is 19.1 Å². The molecule has 0 aromatic heterocycles. The van der Waals surface area contributed by atoms with Crippen LogP contribution < -0.4 is 10.6 Å². The number of nitrogens with zero attached hydrogens (tertiary/aromatic N) is 2. The summed E-state index contributed by atoms with van der Waals surface area (Å²) in [5.41, 5.74) is 1.26. The van der Waals surface area contributed by atoms with Crippen LogP contribution in [-0.4, -0.2) is 64.2 Å². The summed E-state index contributed by atoms with van der Waals surface area (Å²) in [5, 5.41) is 6.38. The number of aliphatic imine (C=N–C) groups is 1. The van der Waals surface area contributed by atoms with Crippen LogP contribution in [0.2, 0.25) is 0 Å². The summed E-state index contributed by atoms with van der Waals surface area (Å²) in [6, 6.07) is 10.2. The van der Waals surface area contributed by atoms with Crippen LogP contribution in [0.25, 0.3) is 0 Å². The van der Waals surface area contributed by atoms with E-state index in [1.807, 2.05) is 18.2 Å². The highest BCUT2D eigenvalue weighted by Gasteiger charge is 2.04. The molecular weight excluding hydrogens is 407 g/mol. The standard InChI is InChI=1S/C16H26N4O2.HI/c1-20(2)15(21)13-19-16(18-11-12-22-3)17-10-9-14-7-5-4-6-8-14;/h4-8H,9-13H2,1-3H3,(H2,17,18,19);1H. The number of hydrogen-bond acceptors (Lipinski definition) is 3. The summed E-state index contributed by atoms with van der Waals surface area (Å²) in [6.45, 7) is 2.10. The molecule has 0 heterocycles. The molecular formula is C16H27IN4O2. The van der Waals surface area contributed by atoms with Crippen molar-refractivity contribution in [1.29, 1.82) is 0 Å². The van der Waals surface area contributed by atoms with Gasteiger partial charge in [-0.2, -0.15) is 0 Å². The van der Waals surface area contributed by atoms with Gasteiger partial charge in [0.15, 0.2) is 5.96 Å². The lowest BCUT2D eigenvalue weighted by Gasteiger charge is -2.13. The summed E-state index contributed by atoms with van der Waals surface area (Å²) in [7, 11) is 5.09. The number of ether oxygens (including phenoxy) is 1. The predicted molar refractivity (Wildman–Crippen MR) is 104 cm³/mol. The average Bonchev–Trinajstić information content (AvgIpc) is 2.52. The quantitative estimate of drug-likeness (QED) is 0.279. The van der Waals surface area contributed by atoms with Crippen molar-refractivity contribution in [3.8, 4) is 0 Å². The highest BCUT2D eigenvalue weighted by molar-refractivity contribution is 14.0. The van der Waals surface area contributed by atoms with Crippen LogP contribution in [0.3, 0.4) is 0 Å². The van der Waals surface area contributed by atoms with Crippen LogP contribution >= 0.6 is 24.0 Å². The van der Waals surface area contributed by atoms with Crippen molar-refractivity contribution in [2.45, 2.75) is 6.42 Å². The monoisotopic (exact) mass is 434 g/mol. The summed E-state index contributed by atoms with van der Waals surface area (Å²) >= 11 is 0. The Morgan fingerprint density at radius 1 is 1.17 bits per heavy atom. The molecule has 130 valence electrons. The summed E-state index contributed by atoms with van der Waals surface area (Å²) in [5.74, 6) is 0.596. The van der Waals surface area contributed by atoms with E-state index >= 15 is 0 Å². The van der Waals surface area contributed by atoms with Gasteiger partial charge in [0.1, 0.15) is 6.54 Å². The lowest BCUT2D eigenvalue weighted by atomic mass is 10.1. The topological polar surface area (TPSA) is 66.0 Å². The van der Waals surface area contributed by atoms with E-state index in [9.17, 15) is 4.79 Å². The van der Waals surface area contributed by atoms with E-state index in [0.717, 1.165) is 13.0 Å². The van der Waals surface area contributed by atoms with E-state index in [1.165, 1.54) is 10.5 Å². The lowest BCUT2D eigenvalue weighted by molar-refractivity contribution is -0.127. The molecule has 0 bridgehead atoms. The Labute approximate surface area is 155 Å². The van der Waals surface area contributed by atoms with Gasteiger partial charge in [-0.15, -0.1) is 24.0 Å². The summed E-state index contributed by atoms with van der Waals surface area (Å²) < 4.78 is 5.01. The molecule has 0 atom stereocenters. The third-order valence-corrected chi connectivity index (χ3v) is 3.02. The number of hydrogen-bond donors (Lipinski definition) is 2. The number of amides is 1. The molecule has 0 saturated heterocycles. The number of halogens is 1. The Morgan fingerprint density at radius 2 is 1.83 bits per heavy atom. The van der Waals surface area contributed by atoms with Crippen molar-refractivity contribution in [2.24, 2.45) is 4.99 Å². The van der Waals surface area contributed by atoms with Crippen LogP contribution in [0.5, 0.6) is 0 Å². The van der Waals surface area contributed by atoms with Crippen molar-refractivity contribution in [2.75, 3.05) is 47.4 Å². The van der Waals surface area contributed by atoms with Crippen molar-refractivity contribution in [3.63, 3.8) is 0 Å². The second kappa shape index (κ2) is 13.1. The van der Waals surface area contributed by atoms with Crippen LogP contribution in [0.1, 0.15) is 5.56 Å². The number of methoxy groups -OCH3 is 1. The molecule has 1 rings (SSSR count). The first-order valence-corrected chi connectivity index (χ1v) is 7.38.